The van der Waals surface area contributed by atoms with E-state index >= 15 is 0 Å². The fraction of sp³-hybridized carbons (Fsp3) is 0.324. The van der Waals surface area contributed by atoms with Crippen molar-refractivity contribution in [3.63, 3.8) is 0 Å². The number of hydrogen-bond donors (Lipinski definition) is 2. The molecule has 0 radical (unpaired) electrons. The molecule has 0 fully saturated rings. The van der Waals surface area contributed by atoms with Crippen LogP contribution in [-0.2, 0) is 6.42 Å². The second-order valence-electron chi connectivity index (χ2n) is 10.7. The Labute approximate surface area is 265 Å². The number of aryl methyl sites for hydroxylation is 1. The van der Waals surface area contributed by atoms with Crippen molar-refractivity contribution in [1.82, 2.24) is 14.9 Å². The molecule has 3 aromatic carbocycles. The van der Waals surface area contributed by atoms with Crippen LogP contribution in [-0.4, -0.2) is 60.0 Å². The first-order valence-corrected chi connectivity index (χ1v) is 15.2. The first-order valence-electron chi connectivity index (χ1n) is 15.2. The summed E-state index contributed by atoms with van der Waals surface area (Å²) in [6.45, 7) is 9.94. The Morgan fingerprint density at radius 3 is 2.39 bits per heavy atom. The van der Waals surface area contributed by atoms with Crippen molar-refractivity contribution in [3.05, 3.63) is 83.4 Å². The average molecular weight is 636 g/mol. The number of amides is 1. The van der Waals surface area contributed by atoms with Crippen molar-refractivity contribution in [1.29, 1.82) is 0 Å². The lowest BCUT2D eigenvalue weighted by Gasteiger charge is -2.20. The molecule has 0 saturated carbocycles. The zero-order valence-corrected chi connectivity index (χ0v) is 25.9. The minimum absolute atomic E-state index is 0.247. The number of rotatable bonds is 12. The standard InChI is InChI=1S/C34H36F3N5O4/c1-4-42(5-2)18-20-44-27-15-8-22(3)29(21-27)39-31(43)24-9-13-25(14-10-24)38-33-40-30(28-7-6-19-45-32(28)41-33)23-11-16-26(17-12-23)46-34(35,36)37/h8-17,21H,4-7,18-20H2,1-3H3,(H,39,43)(H,38,40,41). The van der Waals surface area contributed by atoms with Gasteiger partial charge in [-0.1, -0.05) is 19.9 Å². The van der Waals surface area contributed by atoms with Gasteiger partial charge in [-0.3, -0.25) is 4.79 Å². The highest BCUT2D eigenvalue weighted by Gasteiger charge is 2.31. The van der Waals surface area contributed by atoms with Gasteiger partial charge in [0, 0.05) is 40.7 Å². The van der Waals surface area contributed by atoms with E-state index in [1.54, 1.807) is 24.3 Å². The SMILES string of the molecule is CCN(CC)CCOc1ccc(C)c(NC(=O)c2ccc(Nc3nc4c(c(-c5ccc(OC(F)(F)F)cc5)n3)CCCO4)cc2)c1. The van der Waals surface area contributed by atoms with Crippen LogP contribution in [0.4, 0.5) is 30.5 Å². The van der Waals surface area contributed by atoms with Gasteiger partial charge in [0.1, 0.15) is 18.1 Å². The number of benzene rings is 3. The van der Waals surface area contributed by atoms with E-state index in [-0.39, 0.29) is 17.6 Å². The normalized spacial score (nSPS) is 12.7. The maximum Gasteiger partial charge on any atom is 0.573 e. The lowest BCUT2D eigenvalue weighted by atomic mass is 10.0. The number of carbonyl (C=O) groups excluding carboxylic acids is 1. The topological polar surface area (TPSA) is 97.8 Å². The first kappa shape index (κ1) is 32.6. The third kappa shape index (κ3) is 8.45. The average Bonchev–Trinajstić information content (AvgIpc) is 3.04. The molecule has 0 atom stereocenters. The van der Waals surface area contributed by atoms with Gasteiger partial charge in [-0.25, -0.2) is 4.98 Å². The quantitative estimate of drug-likeness (QED) is 0.166. The molecule has 242 valence electrons. The first-order chi connectivity index (χ1) is 22.1. The molecule has 1 aliphatic rings. The second kappa shape index (κ2) is 14.5. The summed E-state index contributed by atoms with van der Waals surface area (Å²) in [6, 6.07) is 18.0. The molecule has 12 heteroatoms. The number of alkyl halides is 3. The van der Waals surface area contributed by atoms with Crippen LogP contribution in [0.15, 0.2) is 66.7 Å². The minimum atomic E-state index is -4.78. The van der Waals surface area contributed by atoms with Crippen LogP contribution in [0.1, 0.15) is 41.8 Å². The molecule has 2 N–H and O–H groups in total. The lowest BCUT2D eigenvalue weighted by molar-refractivity contribution is -0.274. The van der Waals surface area contributed by atoms with Crippen LogP contribution < -0.4 is 24.8 Å². The Balaban J connectivity index is 1.27. The molecule has 1 aliphatic heterocycles. The zero-order chi connectivity index (χ0) is 32.7. The van der Waals surface area contributed by atoms with Gasteiger partial charge in [0.2, 0.25) is 11.8 Å². The van der Waals surface area contributed by atoms with E-state index in [1.165, 1.54) is 24.3 Å². The molecule has 4 aromatic rings. The predicted octanol–water partition coefficient (Wildman–Crippen LogP) is 7.39. The van der Waals surface area contributed by atoms with Gasteiger partial charge in [-0.2, -0.15) is 4.98 Å². The molecule has 5 rings (SSSR count). The third-order valence-corrected chi connectivity index (χ3v) is 7.57. The van der Waals surface area contributed by atoms with E-state index < -0.39 is 6.36 Å². The van der Waals surface area contributed by atoms with E-state index in [4.69, 9.17) is 9.47 Å². The number of hydrogen-bond acceptors (Lipinski definition) is 8. The summed E-state index contributed by atoms with van der Waals surface area (Å²) in [4.78, 5) is 24.6. The van der Waals surface area contributed by atoms with E-state index in [0.29, 0.717) is 59.5 Å². The van der Waals surface area contributed by atoms with E-state index in [1.807, 2.05) is 25.1 Å². The van der Waals surface area contributed by atoms with Crippen LogP contribution >= 0.6 is 0 Å². The highest BCUT2D eigenvalue weighted by Crippen LogP contribution is 2.35. The van der Waals surface area contributed by atoms with Gasteiger partial charge < -0.3 is 29.7 Å². The largest absolute Gasteiger partial charge is 0.573 e. The van der Waals surface area contributed by atoms with Crippen molar-refractivity contribution < 1.29 is 32.2 Å². The summed E-state index contributed by atoms with van der Waals surface area (Å²) in [5.74, 6) is 0.761. The molecule has 0 bridgehead atoms. The Morgan fingerprint density at radius 2 is 1.70 bits per heavy atom. The van der Waals surface area contributed by atoms with Crippen molar-refractivity contribution in [2.24, 2.45) is 0 Å². The number of aromatic nitrogens is 2. The number of nitrogens with one attached hydrogen (secondary N) is 2. The number of likely N-dealkylation sites (N-methyl/N-ethyl adjacent to an activating group) is 1. The molecule has 9 nitrogen and oxygen atoms in total. The van der Waals surface area contributed by atoms with Gasteiger partial charge in [0.05, 0.1) is 12.3 Å². The van der Waals surface area contributed by atoms with Crippen LogP contribution in [0.3, 0.4) is 0 Å². The van der Waals surface area contributed by atoms with Gasteiger partial charge >= 0.3 is 6.36 Å². The Hall–Kier alpha value is -4.84. The van der Waals surface area contributed by atoms with Crippen molar-refractivity contribution in [2.45, 2.75) is 40.0 Å². The predicted molar refractivity (Wildman–Crippen MR) is 170 cm³/mol. The number of ether oxygens (including phenoxy) is 3. The monoisotopic (exact) mass is 635 g/mol. The summed E-state index contributed by atoms with van der Waals surface area (Å²) < 4.78 is 53.6. The highest BCUT2D eigenvalue weighted by molar-refractivity contribution is 6.05. The smallest absolute Gasteiger partial charge is 0.492 e. The molecule has 1 aromatic heterocycles. The molecule has 0 saturated heterocycles. The Kier molecular flexibility index (Phi) is 10.3. The van der Waals surface area contributed by atoms with Crippen LogP contribution in [0.25, 0.3) is 11.3 Å². The second-order valence-corrected chi connectivity index (χ2v) is 10.7. The third-order valence-electron chi connectivity index (χ3n) is 7.57. The van der Waals surface area contributed by atoms with Gasteiger partial charge in [0.15, 0.2) is 0 Å². The zero-order valence-electron chi connectivity index (χ0n) is 25.9. The summed E-state index contributed by atoms with van der Waals surface area (Å²) >= 11 is 0. The van der Waals surface area contributed by atoms with Crippen LogP contribution in [0.5, 0.6) is 17.4 Å². The summed E-state index contributed by atoms with van der Waals surface area (Å²) in [7, 11) is 0. The van der Waals surface area contributed by atoms with Gasteiger partial charge in [-0.05, 0) is 93.0 Å². The fourth-order valence-electron chi connectivity index (χ4n) is 5.02. The van der Waals surface area contributed by atoms with Crippen LogP contribution in [0.2, 0.25) is 0 Å². The Morgan fingerprint density at radius 1 is 0.978 bits per heavy atom. The molecule has 2 heterocycles. The van der Waals surface area contributed by atoms with E-state index in [2.05, 4.69) is 44.1 Å². The van der Waals surface area contributed by atoms with Gasteiger partial charge in [-0.15, -0.1) is 13.2 Å². The lowest BCUT2D eigenvalue weighted by Crippen LogP contribution is -2.27. The molecule has 46 heavy (non-hydrogen) atoms. The van der Waals surface area contributed by atoms with Crippen LogP contribution in [0, 0.1) is 6.92 Å². The van der Waals surface area contributed by atoms with Crippen molar-refractivity contribution in [2.75, 3.05) is 43.5 Å². The van der Waals surface area contributed by atoms with Crippen molar-refractivity contribution >= 4 is 23.2 Å². The fourth-order valence-corrected chi connectivity index (χ4v) is 5.02. The summed E-state index contributed by atoms with van der Waals surface area (Å²) in [5.41, 5.74) is 4.59. The Bertz CT molecular complexity index is 1640. The van der Waals surface area contributed by atoms with E-state index in [9.17, 15) is 18.0 Å². The molecular formula is C34H36F3N5O4. The van der Waals surface area contributed by atoms with Gasteiger partial charge in [0.25, 0.3) is 5.91 Å². The molecule has 1 amide bonds. The number of halogens is 3. The number of nitrogens with zero attached hydrogens (tertiary/aromatic N) is 3. The number of fused-ring (bicyclic) bond motifs is 1. The summed E-state index contributed by atoms with van der Waals surface area (Å²) in [5, 5.41) is 6.12. The number of anilines is 3. The maximum absolute atomic E-state index is 13.1. The highest BCUT2D eigenvalue weighted by atomic mass is 19.4. The molecule has 0 aliphatic carbocycles. The molecular weight excluding hydrogens is 599 g/mol. The maximum atomic E-state index is 13.1. The van der Waals surface area contributed by atoms with E-state index in [0.717, 1.165) is 37.2 Å². The minimum Gasteiger partial charge on any atom is -0.492 e. The molecule has 0 spiro atoms. The summed E-state index contributed by atoms with van der Waals surface area (Å²) in [6.07, 6.45) is -3.34. The van der Waals surface area contributed by atoms with Crippen molar-refractivity contribution in [3.8, 4) is 28.6 Å². The molecule has 0 unspecified atom stereocenters. The number of carbonyl (C=O) groups is 1.